The summed E-state index contributed by atoms with van der Waals surface area (Å²) < 4.78 is 0. The number of nitro benzene ring substituents is 1. The molecule has 1 N–H and O–H groups in total. The van der Waals surface area contributed by atoms with E-state index in [1.54, 1.807) is 13.0 Å². The quantitative estimate of drug-likeness (QED) is 0.652. The SMILES string of the molecule is CCCNC(C)c1nnc(-c2cccc([N+](=O)[O-])c2C)s1. The summed E-state index contributed by atoms with van der Waals surface area (Å²) in [5.74, 6) is 0. The van der Waals surface area contributed by atoms with Crippen molar-refractivity contribution in [1.82, 2.24) is 15.5 Å². The van der Waals surface area contributed by atoms with Crippen LogP contribution in [0.25, 0.3) is 10.6 Å². The van der Waals surface area contributed by atoms with Crippen LogP contribution in [-0.2, 0) is 0 Å². The number of nitrogens with zero attached hydrogens (tertiary/aromatic N) is 3. The topological polar surface area (TPSA) is 81.0 Å². The van der Waals surface area contributed by atoms with Crippen LogP contribution in [0.15, 0.2) is 18.2 Å². The van der Waals surface area contributed by atoms with Crippen molar-refractivity contribution < 1.29 is 4.92 Å². The second-order valence-electron chi connectivity index (χ2n) is 4.83. The van der Waals surface area contributed by atoms with Crippen LogP contribution in [0.4, 0.5) is 5.69 Å². The van der Waals surface area contributed by atoms with E-state index in [0.717, 1.165) is 28.5 Å². The van der Waals surface area contributed by atoms with Crippen LogP contribution in [0.2, 0.25) is 0 Å². The van der Waals surface area contributed by atoms with Crippen molar-refractivity contribution in [2.24, 2.45) is 0 Å². The van der Waals surface area contributed by atoms with E-state index in [1.165, 1.54) is 17.4 Å². The van der Waals surface area contributed by atoms with Gasteiger partial charge in [-0.3, -0.25) is 10.1 Å². The molecule has 0 saturated carbocycles. The highest BCUT2D eigenvalue weighted by Crippen LogP contribution is 2.32. The molecule has 0 saturated heterocycles. The Morgan fingerprint density at radius 1 is 1.43 bits per heavy atom. The third-order valence-electron chi connectivity index (χ3n) is 3.24. The van der Waals surface area contributed by atoms with E-state index in [0.29, 0.717) is 5.56 Å². The van der Waals surface area contributed by atoms with Gasteiger partial charge in [-0.05, 0) is 26.8 Å². The van der Waals surface area contributed by atoms with Gasteiger partial charge >= 0.3 is 0 Å². The van der Waals surface area contributed by atoms with Gasteiger partial charge in [0, 0.05) is 17.2 Å². The normalized spacial score (nSPS) is 12.3. The molecule has 21 heavy (non-hydrogen) atoms. The lowest BCUT2D eigenvalue weighted by Crippen LogP contribution is -2.18. The molecule has 1 heterocycles. The third-order valence-corrected chi connectivity index (χ3v) is 4.38. The van der Waals surface area contributed by atoms with Gasteiger partial charge in [-0.15, -0.1) is 10.2 Å². The summed E-state index contributed by atoms with van der Waals surface area (Å²) in [7, 11) is 0. The molecular weight excluding hydrogens is 288 g/mol. The highest BCUT2D eigenvalue weighted by Gasteiger charge is 2.18. The Labute approximate surface area is 127 Å². The molecule has 0 bridgehead atoms. The molecule has 1 unspecified atom stereocenters. The van der Waals surface area contributed by atoms with Crippen LogP contribution in [0.5, 0.6) is 0 Å². The second kappa shape index (κ2) is 6.73. The lowest BCUT2D eigenvalue weighted by Gasteiger charge is -2.08. The van der Waals surface area contributed by atoms with Gasteiger partial charge in [0.05, 0.1) is 11.0 Å². The predicted molar refractivity (Wildman–Crippen MR) is 83.4 cm³/mol. The number of nitrogens with one attached hydrogen (secondary N) is 1. The minimum absolute atomic E-state index is 0.112. The Balaban J connectivity index is 2.30. The second-order valence-corrected chi connectivity index (χ2v) is 5.84. The largest absolute Gasteiger partial charge is 0.308 e. The maximum atomic E-state index is 11.0. The van der Waals surface area contributed by atoms with Gasteiger partial charge in [0.2, 0.25) is 0 Å². The molecule has 7 heteroatoms. The first-order valence-corrected chi connectivity index (χ1v) is 7.67. The van der Waals surface area contributed by atoms with Gasteiger partial charge in [0.1, 0.15) is 10.0 Å². The zero-order chi connectivity index (χ0) is 15.4. The lowest BCUT2D eigenvalue weighted by molar-refractivity contribution is -0.385. The van der Waals surface area contributed by atoms with E-state index in [1.807, 2.05) is 13.0 Å². The van der Waals surface area contributed by atoms with Gasteiger partial charge < -0.3 is 5.32 Å². The number of nitro groups is 1. The number of hydrogen-bond donors (Lipinski definition) is 1. The zero-order valence-electron chi connectivity index (χ0n) is 12.3. The van der Waals surface area contributed by atoms with E-state index >= 15 is 0 Å². The summed E-state index contributed by atoms with van der Waals surface area (Å²) in [5.41, 5.74) is 1.51. The minimum atomic E-state index is -0.369. The van der Waals surface area contributed by atoms with Crippen LogP contribution in [0.3, 0.4) is 0 Å². The van der Waals surface area contributed by atoms with E-state index in [-0.39, 0.29) is 16.7 Å². The molecule has 6 nitrogen and oxygen atoms in total. The van der Waals surface area contributed by atoms with Crippen molar-refractivity contribution in [3.05, 3.63) is 38.9 Å². The third kappa shape index (κ3) is 3.43. The van der Waals surface area contributed by atoms with Gasteiger partial charge in [-0.1, -0.05) is 30.4 Å². The Hall–Kier alpha value is -1.86. The molecule has 0 fully saturated rings. The van der Waals surface area contributed by atoms with Crippen molar-refractivity contribution in [3.63, 3.8) is 0 Å². The summed E-state index contributed by atoms with van der Waals surface area (Å²) in [4.78, 5) is 10.6. The number of benzene rings is 1. The van der Waals surface area contributed by atoms with Crippen molar-refractivity contribution in [2.75, 3.05) is 6.54 Å². The van der Waals surface area contributed by atoms with Gasteiger partial charge in [-0.25, -0.2) is 0 Å². The van der Waals surface area contributed by atoms with Gasteiger partial charge in [0.15, 0.2) is 0 Å². The van der Waals surface area contributed by atoms with E-state index in [9.17, 15) is 10.1 Å². The van der Waals surface area contributed by atoms with Crippen LogP contribution >= 0.6 is 11.3 Å². The smallest absolute Gasteiger partial charge is 0.273 e. The minimum Gasteiger partial charge on any atom is -0.308 e. The lowest BCUT2D eigenvalue weighted by atomic mass is 10.1. The fourth-order valence-corrected chi connectivity index (χ4v) is 2.97. The highest BCUT2D eigenvalue weighted by molar-refractivity contribution is 7.14. The molecule has 1 aromatic heterocycles. The molecule has 1 atom stereocenters. The molecule has 112 valence electrons. The maximum absolute atomic E-state index is 11.0. The summed E-state index contributed by atoms with van der Waals surface area (Å²) in [6, 6.07) is 5.17. The number of hydrogen-bond acceptors (Lipinski definition) is 6. The molecule has 2 rings (SSSR count). The molecular formula is C14H18N4O2S. The molecule has 0 radical (unpaired) electrons. The number of aromatic nitrogens is 2. The van der Waals surface area contributed by atoms with Crippen LogP contribution in [0.1, 0.15) is 36.9 Å². The first-order chi connectivity index (χ1) is 10.0. The summed E-state index contributed by atoms with van der Waals surface area (Å²) >= 11 is 1.47. The molecule has 2 aromatic rings. The van der Waals surface area contributed by atoms with Crippen molar-refractivity contribution >= 4 is 17.0 Å². The Morgan fingerprint density at radius 3 is 2.86 bits per heavy atom. The maximum Gasteiger partial charge on any atom is 0.273 e. The Morgan fingerprint density at radius 2 is 2.19 bits per heavy atom. The Kier molecular flexibility index (Phi) is 4.98. The van der Waals surface area contributed by atoms with Gasteiger partial charge in [0.25, 0.3) is 5.69 Å². The highest BCUT2D eigenvalue weighted by atomic mass is 32.1. The summed E-state index contributed by atoms with van der Waals surface area (Å²) in [5, 5.41) is 24.3. The fourth-order valence-electron chi connectivity index (χ4n) is 2.02. The van der Waals surface area contributed by atoms with Crippen molar-refractivity contribution in [1.29, 1.82) is 0 Å². The summed E-state index contributed by atoms with van der Waals surface area (Å²) in [6.07, 6.45) is 1.06. The van der Waals surface area contributed by atoms with E-state index in [4.69, 9.17) is 0 Å². The first kappa shape index (κ1) is 15.5. The summed E-state index contributed by atoms with van der Waals surface area (Å²) in [6.45, 7) is 6.82. The van der Waals surface area contributed by atoms with E-state index < -0.39 is 0 Å². The molecule has 0 aliphatic carbocycles. The monoisotopic (exact) mass is 306 g/mol. The van der Waals surface area contributed by atoms with Crippen molar-refractivity contribution in [3.8, 4) is 10.6 Å². The first-order valence-electron chi connectivity index (χ1n) is 6.85. The van der Waals surface area contributed by atoms with Crippen LogP contribution in [-0.4, -0.2) is 21.7 Å². The number of rotatable bonds is 6. The van der Waals surface area contributed by atoms with Gasteiger partial charge in [-0.2, -0.15) is 0 Å². The predicted octanol–water partition coefficient (Wildman–Crippen LogP) is 3.48. The average molecular weight is 306 g/mol. The Bertz CT molecular complexity index is 642. The molecule has 0 aliphatic rings. The van der Waals surface area contributed by atoms with E-state index in [2.05, 4.69) is 22.4 Å². The van der Waals surface area contributed by atoms with Crippen LogP contribution < -0.4 is 5.32 Å². The molecule has 0 aliphatic heterocycles. The molecule has 1 aromatic carbocycles. The zero-order valence-corrected chi connectivity index (χ0v) is 13.1. The van der Waals surface area contributed by atoms with Crippen molar-refractivity contribution in [2.45, 2.75) is 33.2 Å². The average Bonchev–Trinajstić information content (AvgIpc) is 2.94. The standard InChI is InChI=1S/C14H18N4O2S/c1-4-8-15-10(3)13-16-17-14(21-13)11-6-5-7-12(9(11)2)18(19)20/h5-7,10,15H,4,8H2,1-3H3. The molecule has 0 amide bonds. The molecule has 0 spiro atoms. The van der Waals surface area contributed by atoms with Crippen LogP contribution in [0, 0.1) is 17.0 Å². The fraction of sp³-hybridized carbons (Fsp3) is 0.429.